The standard InChI is InChI=1S/C19H30N6OS/c26-19-24(16-7-3-4-8-16)13-14-25(19)18-21-20-17(27-18)23-11-9-22(10-12-23)15-5-1-2-6-15/h15-16H,1-14H2. The molecule has 1 aromatic rings. The molecule has 0 unspecified atom stereocenters. The fourth-order valence-electron chi connectivity index (χ4n) is 5.28. The Balaban J connectivity index is 1.20. The van der Waals surface area contributed by atoms with Crippen molar-refractivity contribution < 1.29 is 4.79 Å². The van der Waals surface area contributed by atoms with E-state index in [0.717, 1.165) is 68.4 Å². The van der Waals surface area contributed by atoms with E-state index in [4.69, 9.17) is 0 Å². The third-order valence-electron chi connectivity index (χ3n) is 6.87. The molecule has 1 aromatic heterocycles. The van der Waals surface area contributed by atoms with Gasteiger partial charge in [-0.2, -0.15) is 0 Å². The molecule has 2 aliphatic heterocycles. The van der Waals surface area contributed by atoms with Gasteiger partial charge in [0.1, 0.15) is 0 Å². The molecule has 7 nitrogen and oxygen atoms in total. The average molecular weight is 391 g/mol. The smallest absolute Gasteiger partial charge is 0.326 e. The Morgan fingerprint density at radius 2 is 1.37 bits per heavy atom. The third kappa shape index (κ3) is 3.42. The Bertz CT molecular complexity index is 661. The van der Waals surface area contributed by atoms with Crippen LogP contribution in [0.4, 0.5) is 15.1 Å². The number of carbonyl (C=O) groups excluding carboxylic acids is 1. The van der Waals surface area contributed by atoms with Gasteiger partial charge in [0.25, 0.3) is 0 Å². The molecule has 3 heterocycles. The largest absolute Gasteiger partial charge is 0.344 e. The summed E-state index contributed by atoms with van der Waals surface area (Å²) < 4.78 is 0. The van der Waals surface area contributed by atoms with Gasteiger partial charge >= 0.3 is 6.03 Å². The number of nitrogens with zero attached hydrogens (tertiary/aromatic N) is 6. The second-order valence-corrected chi connectivity index (χ2v) is 9.33. The van der Waals surface area contributed by atoms with E-state index in [1.54, 1.807) is 11.3 Å². The Hall–Kier alpha value is -1.41. The lowest BCUT2D eigenvalue weighted by Crippen LogP contribution is -2.49. The van der Waals surface area contributed by atoms with Crippen LogP contribution in [0.3, 0.4) is 0 Å². The van der Waals surface area contributed by atoms with E-state index < -0.39 is 0 Å². The molecule has 0 atom stereocenters. The molecule has 0 aromatic carbocycles. The molecule has 2 saturated carbocycles. The first-order valence-corrected chi connectivity index (χ1v) is 11.5. The minimum atomic E-state index is 0.135. The molecule has 2 saturated heterocycles. The van der Waals surface area contributed by atoms with Crippen molar-refractivity contribution in [3.63, 3.8) is 0 Å². The summed E-state index contributed by atoms with van der Waals surface area (Å²) in [5, 5.41) is 10.5. The highest BCUT2D eigenvalue weighted by Crippen LogP contribution is 2.33. The normalized spacial score (nSPS) is 26.1. The summed E-state index contributed by atoms with van der Waals surface area (Å²) in [6, 6.07) is 1.38. The number of piperazine rings is 1. The average Bonchev–Trinajstić information content (AvgIpc) is 3.47. The van der Waals surface area contributed by atoms with Crippen LogP contribution in [0, 0.1) is 0 Å². The van der Waals surface area contributed by atoms with E-state index >= 15 is 0 Å². The minimum Gasteiger partial charge on any atom is -0.344 e. The predicted octanol–water partition coefficient (Wildman–Crippen LogP) is 2.79. The van der Waals surface area contributed by atoms with E-state index in [9.17, 15) is 4.79 Å². The summed E-state index contributed by atoms with van der Waals surface area (Å²) in [4.78, 5) is 21.8. The van der Waals surface area contributed by atoms with Crippen molar-refractivity contribution >= 4 is 27.6 Å². The molecular weight excluding hydrogens is 360 g/mol. The monoisotopic (exact) mass is 390 g/mol. The number of amides is 2. The molecule has 2 aliphatic carbocycles. The molecule has 148 valence electrons. The Kier molecular flexibility index (Phi) is 4.94. The van der Waals surface area contributed by atoms with Crippen molar-refractivity contribution in [2.45, 2.75) is 63.5 Å². The van der Waals surface area contributed by atoms with Gasteiger partial charge < -0.3 is 9.80 Å². The summed E-state index contributed by atoms with van der Waals surface area (Å²) in [7, 11) is 0. The maximum absolute atomic E-state index is 12.8. The number of anilines is 2. The van der Waals surface area contributed by atoms with Gasteiger partial charge in [0.05, 0.1) is 0 Å². The van der Waals surface area contributed by atoms with Crippen LogP contribution in [-0.4, -0.2) is 77.4 Å². The van der Waals surface area contributed by atoms with Crippen LogP contribution in [0.1, 0.15) is 51.4 Å². The van der Waals surface area contributed by atoms with Gasteiger partial charge in [-0.05, 0) is 25.7 Å². The van der Waals surface area contributed by atoms with Gasteiger partial charge in [0.15, 0.2) is 0 Å². The van der Waals surface area contributed by atoms with E-state index in [2.05, 4.69) is 24.9 Å². The van der Waals surface area contributed by atoms with Crippen molar-refractivity contribution in [1.29, 1.82) is 0 Å². The van der Waals surface area contributed by atoms with E-state index in [1.807, 2.05) is 4.90 Å². The van der Waals surface area contributed by atoms with E-state index in [0.29, 0.717) is 6.04 Å². The first-order valence-electron chi connectivity index (χ1n) is 10.7. The van der Waals surface area contributed by atoms with Crippen LogP contribution in [0.5, 0.6) is 0 Å². The highest BCUT2D eigenvalue weighted by molar-refractivity contribution is 7.19. The van der Waals surface area contributed by atoms with Crippen molar-refractivity contribution in [3.05, 3.63) is 0 Å². The maximum atomic E-state index is 12.8. The van der Waals surface area contributed by atoms with Crippen molar-refractivity contribution in [2.75, 3.05) is 49.1 Å². The number of hydrogen-bond acceptors (Lipinski definition) is 6. The molecule has 2 amide bonds. The zero-order chi connectivity index (χ0) is 18.2. The van der Waals surface area contributed by atoms with Gasteiger partial charge in [-0.1, -0.05) is 37.0 Å². The van der Waals surface area contributed by atoms with Crippen LogP contribution < -0.4 is 9.80 Å². The number of carbonyl (C=O) groups is 1. The summed E-state index contributed by atoms with van der Waals surface area (Å²) >= 11 is 1.58. The van der Waals surface area contributed by atoms with Crippen LogP contribution >= 0.6 is 11.3 Å². The van der Waals surface area contributed by atoms with Gasteiger partial charge in [0.2, 0.25) is 10.3 Å². The van der Waals surface area contributed by atoms with E-state index in [1.165, 1.54) is 38.5 Å². The van der Waals surface area contributed by atoms with Crippen molar-refractivity contribution in [1.82, 2.24) is 20.0 Å². The number of rotatable bonds is 4. The van der Waals surface area contributed by atoms with Gasteiger partial charge in [-0.3, -0.25) is 9.80 Å². The molecule has 4 aliphatic rings. The maximum Gasteiger partial charge on any atom is 0.326 e. The summed E-state index contributed by atoms with van der Waals surface area (Å²) in [5.41, 5.74) is 0. The van der Waals surface area contributed by atoms with Crippen LogP contribution in [0.2, 0.25) is 0 Å². The van der Waals surface area contributed by atoms with Crippen molar-refractivity contribution in [2.24, 2.45) is 0 Å². The van der Waals surface area contributed by atoms with Gasteiger partial charge in [0, 0.05) is 51.4 Å². The molecule has 8 heteroatoms. The topological polar surface area (TPSA) is 55.8 Å². The van der Waals surface area contributed by atoms with E-state index in [-0.39, 0.29) is 6.03 Å². The lowest BCUT2D eigenvalue weighted by Gasteiger charge is -2.37. The second kappa shape index (κ2) is 7.54. The number of hydrogen-bond donors (Lipinski definition) is 0. The second-order valence-electron chi connectivity index (χ2n) is 8.39. The first-order chi connectivity index (χ1) is 13.3. The van der Waals surface area contributed by atoms with Gasteiger partial charge in [-0.25, -0.2) is 4.79 Å². The molecule has 0 bridgehead atoms. The summed E-state index contributed by atoms with van der Waals surface area (Å²) in [6.07, 6.45) is 10.4. The lowest BCUT2D eigenvalue weighted by molar-refractivity contribution is 0.187. The Morgan fingerprint density at radius 1 is 0.741 bits per heavy atom. The SMILES string of the molecule is O=C1N(c2nnc(N3CCN(C4CCCC4)CC3)s2)CCN1C1CCCC1. The predicted molar refractivity (Wildman–Crippen MR) is 108 cm³/mol. The quantitative estimate of drug-likeness (QED) is 0.791. The summed E-state index contributed by atoms with van der Waals surface area (Å²) in [5.74, 6) is 0. The van der Waals surface area contributed by atoms with Crippen molar-refractivity contribution in [3.8, 4) is 0 Å². The number of urea groups is 1. The molecule has 4 fully saturated rings. The van der Waals surface area contributed by atoms with Crippen LogP contribution in [0.15, 0.2) is 0 Å². The Labute approximate surface area is 165 Å². The number of aromatic nitrogens is 2. The lowest BCUT2D eigenvalue weighted by atomic mass is 10.2. The minimum absolute atomic E-state index is 0.135. The molecular formula is C19H30N6OS. The first kappa shape index (κ1) is 17.7. The zero-order valence-corrected chi connectivity index (χ0v) is 16.9. The molecule has 5 rings (SSSR count). The zero-order valence-electron chi connectivity index (χ0n) is 16.1. The fraction of sp³-hybridized carbons (Fsp3) is 0.842. The van der Waals surface area contributed by atoms with Crippen LogP contribution in [-0.2, 0) is 0 Å². The molecule has 0 N–H and O–H groups in total. The highest BCUT2D eigenvalue weighted by atomic mass is 32.1. The molecule has 27 heavy (non-hydrogen) atoms. The molecule has 0 radical (unpaired) electrons. The van der Waals surface area contributed by atoms with Gasteiger partial charge in [-0.15, -0.1) is 10.2 Å². The third-order valence-corrected chi connectivity index (χ3v) is 7.87. The summed E-state index contributed by atoms with van der Waals surface area (Å²) in [6.45, 7) is 5.87. The Morgan fingerprint density at radius 3 is 2.07 bits per heavy atom. The van der Waals surface area contributed by atoms with Crippen LogP contribution in [0.25, 0.3) is 0 Å². The molecule has 0 spiro atoms. The highest BCUT2D eigenvalue weighted by Gasteiger charge is 2.37. The fourth-order valence-corrected chi connectivity index (χ4v) is 6.20.